The highest BCUT2D eigenvalue weighted by Gasteiger charge is 2.33. The van der Waals surface area contributed by atoms with Crippen molar-refractivity contribution in [1.82, 2.24) is 10.2 Å². The molecule has 0 bridgehead atoms. The molecule has 0 spiro atoms. The van der Waals surface area contributed by atoms with Crippen LogP contribution < -0.4 is 20.1 Å². The minimum atomic E-state index is -0.645. The van der Waals surface area contributed by atoms with E-state index in [2.05, 4.69) is 10.6 Å². The number of anilines is 1. The van der Waals surface area contributed by atoms with E-state index in [0.717, 1.165) is 0 Å². The van der Waals surface area contributed by atoms with Gasteiger partial charge in [-0.05, 0) is 62.1 Å². The van der Waals surface area contributed by atoms with Gasteiger partial charge in [-0.2, -0.15) is 0 Å². The summed E-state index contributed by atoms with van der Waals surface area (Å²) in [6.07, 6.45) is 1.12. The lowest BCUT2D eigenvalue weighted by atomic mass is 9.94. The molecule has 0 aromatic heterocycles. The van der Waals surface area contributed by atoms with E-state index in [0.29, 0.717) is 55.3 Å². The minimum Gasteiger partial charge on any atom is -0.495 e. The first-order valence-electron chi connectivity index (χ1n) is 12.1. The second-order valence-corrected chi connectivity index (χ2v) is 8.94. The van der Waals surface area contributed by atoms with Crippen molar-refractivity contribution in [2.24, 2.45) is 11.8 Å². The van der Waals surface area contributed by atoms with Crippen molar-refractivity contribution in [3.8, 4) is 11.5 Å². The molecule has 1 unspecified atom stereocenters. The van der Waals surface area contributed by atoms with Crippen molar-refractivity contribution in [2.75, 3.05) is 32.1 Å². The fourth-order valence-electron chi connectivity index (χ4n) is 4.15. The molecule has 0 saturated carbocycles. The van der Waals surface area contributed by atoms with Crippen LogP contribution in [0, 0.1) is 11.8 Å². The molecule has 3 amide bonds. The lowest BCUT2D eigenvalue weighted by Crippen LogP contribution is -2.53. The molecule has 2 aromatic rings. The van der Waals surface area contributed by atoms with Crippen molar-refractivity contribution < 1.29 is 23.9 Å². The van der Waals surface area contributed by atoms with Crippen LogP contribution in [0.15, 0.2) is 48.5 Å². The third kappa shape index (κ3) is 6.74. The van der Waals surface area contributed by atoms with E-state index in [1.54, 1.807) is 48.4 Å². The minimum absolute atomic E-state index is 0.0780. The Morgan fingerprint density at radius 1 is 1.03 bits per heavy atom. The number of nitrogens with one attached hydrogen (secondary N) is 2. The number of benzene rings is 2. The van der Waals surface area contributed by atoms with Gasteiger partial charge >= 0.3 is 0 Å². The molecule has 3 rings (SSSR count). The van der Waals surface area contributed by atoms with Gasteiger partial charge in [0.05, 0.1) is 19.4 Å². The normalized spacial score (nSPS) is 14.8. The van der Waals surface area contributed by atoms with Crippen LogP contribution in [0.3, 0.4) is 0 Å². The summed E-state index contributed by atoms with van der Waals surface area (Å²) in [4.78, 5) is 40.6. The third-order valence-electron chi connectivity index (χ3n) is 6.19. The van der Waals surface area contributed by atoms with Gasteiger partial charge in [0.15, 0.2) is 0 Å². The Morgan fingerprint density at radius 2 is 1.69 bits per heavy atom. The zero-order valence-corrected chi connectivity index (χ0v) is 20.9. The molecular weight excluding hydrogens is 446 g/mol. The zero-order valence-electron chi connectivity index (χ0n) is 20.9. The number of amides is 3. The van der Waals surface area contributed by atoms with Crippen LogP contribution in [-0.4, -0.2) is 55.5 Å². The van der Waals surface area contributed by atoms with Crippen LogP contribution in [-0.2, 0) is 9.59 Å². The highest BCUT2D eigenvalue weighted by Crippen LogP contribution is 2.26. The molecule has 1 saturated heterocycles. The summed E-state index contributed by atoms with van der Waals surface area (Å²) in [5.74, 6) is 0.523. The third-order valence-corrected chi connectivity index (χ3v) is 6.19. The molecule has 2 aromatic carbocycles. The Hall–Kier alpha value is -3.55. The van der Waals surface area contributed by atoms with E-state index in [-0.39, 0.29) is 29.6 Å². The fraction of sp³-hybridized carbons (Fsp3) is 0.444. The first-order valence-corrected chi connectivity index (χ1v) is 12.1. The average molecular weight is 482 g/mol. The smallest absolute Gasteiger partial charge is 0.251 e. The predicted molar refractivity (Wildman–Crippen MR) is 135 cm³/mol. The van der Waals surface area contributed by atoms with Gasteiger partial charge in [0, 0.05) is 24.6 Å². The Labute approximate surface area is 207 Å². The molecule has 8 nitrogen and oxygen atoms in total. The van der Waals surface area contributed by atoms with Crippen molar-refractivity contribution in [3.05, 3.63) is 54.1 Å². The number of hydrogen-bond donors (Lipinski definition) is 2. The summed E-state index contributed by atoms with van der Waals surface area (Å²) in [5, 5.41) is 5.84. The Bertz CT molecular complexity index is 1010. The number of para-hydroxylation sites is 2. The number of carbonyl (C=O) groups excluding carboxylic acids is 3. The molecule has 35 heavy (non-hydrogen) atoms. The molecule has 2 N–H and O–H groups in total. The first kappa shape index (κ1) is 26.1. The predicted octanol–water partition coefficient (Wildman–Crippen LogP) is 3.73. The monoisotopic (exact) mass is 481 g/mol. The number of piperidine rings is 1. The van der Waals surface area contributed by atoms with Crippen LogP contribution >= 0.6 is 0 Å². The van der Waals surface area contributed by atoms with Gasteiger partial charge in [0.25, 0.3) is 5.91 Å². The van der Waals surface area contributed by atoms with Gasteiger partial charge in [-0.25, -0.2) is 0 Å². The molecule has 1 aliphatic heterocycles. The van der Waals surface area contributed by atoms with Gasteiger partial charge in [0.2, 0.25) is 11.8 Å². The van der Waals surface area contributed by atoms with Crippen molar-refractivity contribution in [1.29, 1.82) is 0 Å². The van der Waals surface area contributed by atoms with E-state index in [9.17, 15) is 14.4 Å². The Kier molecular flexibility index (Phi) is 9.11. The molecule has 1 aliphatic rings. The molecule has 188 valence electrons. The SMILES string of the molecule is CCOc1ccc(C(=O)NC(C(=O)N2CCC(C(=O)Nc3ccccc3OC)CC2)C(C)C)cc1. The molecule has 0 radical (unpaired) electrons. The second-order valence-electron chi connectivity index (χ2n) is 8.94. The number of methoxy groups -OCH3 is 1. The molecular formula is C27H35N3O5. The highest BCUT2D eigenvalue weighted by molar-refractivity contribution is 5.98. The Balaban J connectivity index is 1.56. The maximum Gasteiger partial charge on any atom is 0.251 e. The lowest BCUT2D eigenvalue weighted by molar-refractivity contribution is -0.137. The fourth-order valence-corrected chi connectivity index (χ4v) is 4.15. The maximum atomic E-state index is 13.3. The van der Waals surface area contributed by atoms with Crippen LogP contribution in [0.1, 0.15) is 44.0 Å². The summed E-state index contributed by atoms with van der Waals surface area (Å²) < 4.78 is 10.7. The molecule has 0 aliphatic carbocycles. The zero-order chi connectivity index (χ0) is 25.4. The lowest BCUT2D eigenvalue weighted by Gasteiger charge is -2.35. The summed E-state index contributed by atoms with van der Waals surface area (Å²) in [5.41, 5.74) is 1.11. The number of hydrogen-bond acceptors (Lipinski definition) is 5. The maximum absolute atomic E-state index is 13.3. The highest BCUT2D eigenvalue weighted by atomic mass is 16.5. The molecule has 8 heteroatoms. The Morgan fingerprint density at radius 3 is 2.29 bits per heavy atom. The first-order chi connectivity index (χ1) is 16.8. The molecule has 1 fully saturated rings. The summed E-state index contributed by atoms with van der Waals surface area (Å²) in [6, 6.07) is 13.5. The average Bonchev–Trinajstić information content (AvgIpc) is 2.87. The van der Waals surface area contributed by atoms with Gasteiger partial charge in [-0.15, -0.1) is 0 Å². The number of ether oxygens (including phenoxy) is 2. The van der Waals surface area contributed by atoms with Crippen molar-refractivity contribution >= 4 is 23.4 Å². The van der Waals surface area contributed by atoms with Crippen molar-refractivity contribution in [2.45, 2.75) is 39.7 Å². The second kappa shape index (κ2) is 12.2. The number of carbonyl (C=O) groups is 3. The van der Waals surface area contributed by atoms with Crippen LogP contribution in [0.4, 0.5) is 5.69 Å². The summed E-state index contributed by atoms with van der Waals surface area (Å²) >= 11 is 0. The van der Waals surface area contributed by atoms with Gasteiger partial charge in [-0.1, -0.05) is 26.0 Å². The number of nitrogens with zero attached hydrogens (tertiary/aromatic N) is 1. The standard InChI is InChI=1S/C27H35N3O5/c1-5-35-21-12-10-19(11-13-21)26(32)29-24(18(2)3)27(33)30-16-14-20(15-17-30)25(31)28-22-8-6-7-9-23(22)34-4/h6-13,18,20,24H,5,14-17H2,1-4H3,(H,28,31)(H,29,32). The molecule has 1 heterocycles. The van der Waals surface area contributed by atoms with Crippen LogP contribution in [0.5, 0.6) is 11.5 Å². The van der Waals surface area contributed by atoms with Gasteiger partial charge < -0.3 is 25.0 Å². The quantitative estimate of drug-likeness (QED) is 0.569. The van der Waals surface area contributed by atoms with E-state index in [1.165, 1.54) is 0 Å². The van der Waals surface area contributed by atoms with Gasteiger partial charge in [-0.3, -0.25) is 14.4 Å². The summed E-state index contributed by atoms with van der Waals surface area (Å²) in [7, 11) is 1.56. The van der Waals surface area contributed by atoms with Crippen molar-refractivity contribution in [3.63, 3.8) is 0 Å². The van der Waals surface area contributed by atoms with Crippen LogP contribution in [0.25, 0.3) is 0 Å². The van der Waals surface area contributed by atoms with Gasteiger partial charge in [0.1, 0.15) is 17.5 Å². The van der Waals surface area contributed by atoms with E-state index >= 15 is 0 Å². The largest absolute Gasteiger partial charge is 0.495 e. The number of likely N-dealkylation sites (tertiary alicyclic amines) is 1. The number of rotatable bonds is 9. The topological polar surface area (TPSA) is 97.0 Å². The summed E-state index contributed by atoms with van der Waals surface area (Å²) in [6.45, 7) is 7.20. The van der Waals surface area contributed by atoms with Crippen LogP contribution in [0.2, 0.25) is 0 Å². The van der Waals surface area contributed by atoms with E-state index in [1.807, 2.05) is 32.9 Å². The van der Waals surface area contributed by atoms with E-state index < -0.39 is 6.04 Å². The van der Waals surface area contributed by atoms with E-state index in [4.69, 9.17) is 9.47 Å². The molecule has 1 atom stereocenters.